The second-order valence-corrected chi connectivity index (χ2v) is 10.2. The maximum atomic E-state index is 14.1. The van der Waals surface area contributed by atoms with Crippen LogP contribution in [0.4, 0.5) is 0 Å². The van der Waals surface area contributed by atoms with Crippen LogP contribution in [0.5, 0.6) is 0 Å². The maximum absolute atomic E-state index is 14.1. The first-order chi connectivity index (χ1) is 15.7. The third-order valence-corrected chi connectivity index (χ3v) is 8.47. The minimum Gasteiger partial charge on any atom is -0.383 e. The molecule has 1 aromatic carbocycles. The molecule has 1 aromatic heterocycles. The van der Waals surface area contributed by atoms with E-state index in [1.165, 1.54) is 45.2 Å². The molecular formula is C27H35N3O2. The SMILES string of the molecule is COCCn1c(C(=O)N2CCCC3=CC4CC(CN5CCCC[C@H]45)[C@@H]32)cc2ccccc21. The van der Waals surface area contributed by atoms with E-state index in [1.54, 1.807) is 12.7 Å². The number of amides is 1. The summed E-state index contributed by atoms with van der Waals surface area (Å²) in [5.74, 6) is 1.48. The van der Waals surface area contributed by atoms with E-state index in [4.69, 9.17) is 4.74 Å². The number of fused-ring (bicyclic) bond motifs is 7. The summed E-state index contributed by atoms with van der Waals surface area (Å²) in [5, 5.41) is 1.14. The predicted molar refractivity (Wildman–Crippen MR) is 127 cm³/mol. The van der Waals surface area contributed by atoms with Crippen molar-refractivity contribution >= 4 is 16.8 Å². The molecule has 1 aliphatic carbocycles. The lowest BCUT2D eigenvalue weighted by molar-refractivity contribution is 0.00116. The third kappa shape index (κ3) is 3.32. The first-order valence-corrected chi connectivity index (χ1v) is 12.6. The molecule has 4 aliphatic rings. The Bertz CT molecular complexity index is 1040. The van der Waals surface area contributed by atoms with Gasteiger partial charge in [-0.25, -0.2) is 0 Å². The number of carbonyl (C=O) groups is 1. The average molecular weight is 434 g/mol. The van der Waals surface area contributed by atoms with Gasteiger partial charge < -0.3 is 14.2 Å². The number of likely N-dealkylation sites (tertiary alicyclic amines) is 1. The Morgan fingerprint density at radius 2 is 2.06 bits per heavy atom. The average Bonchev–Trinajstić information content (AvgIpc) is 3.20. The molecule has 5 heteroatoms. The summed E-state index contributed by atoms with van der Waals surface area (Å²) >= 11 is 0. The van der Waals surface area contributed by atoms with E-state index in [1.807, 2.05) is 0 Å². The zero-order chi connectivity index (χ0) is 21.7. The second-order valence-electron chi connectivity index (χ2n) is 10.2. The van der Waals surface area contributed by atoms with Crippen LogP contribution < -0.4 is 0 Å². The van der Waals surface area contributed by atoms with E-state index in [0.717, 1.165) is 35.6 Å². The number of aromatic nitrogens is 1. The highest BCUT2D eigenvalue weighted by Gasteiger charge is 2.47. The smallest absolute Gasteiger partial charge is 0.271 e. The number of para-hydroxylation sites is 1. The molecule has 0 saturated carbocycles. The molecule has 1 amide bonds. The van der Waals surface area contributed by atoms with E-state index in [9.17, 15) is 4.79 Å². The molecule has 170 valence electrons. The Morgan fingerprint density at radius 1 is 1.16 bits per heavy atom. The predicted octanol–water partition coefficient (Wildman–Crippen LogP) is 4.32. The lowest BCUT2D eigenvalue weighted by Crippen LogP contribution is -2.60. The van der Waals surface area contributed by atoms with Crippen LogP contribution in [0, 0.1) is 11.8 Å². The number of ether oxygens (including phenoxy) is 1. The van der Waals surface area contributed by atoms with Crippen molar-refractivity contribution in [2.45, 2.75) is 57.2 Å². The number of hydrogen-bond acceptors (Lipinski definition) is 3. The summed E-state index contributed by atoms with van der Waals surface area (Å²) in [6.07, 6.45) is 10.2. The topological polar surface area (TPSA) is 37.7 Å². The molecule has 3 saturated heterocycles. The van der Waals surface area contributed by atoms with Crippen LogP contribution in [0.25, 0.3) is 10.9 Å². The Kier molecular flexibility index (Phi) is 5.34. The van der Waals surface area contributed by atoms with Crippen LogP contribution >= 0.6 is 0 Å². The highest BCUT2D eigenvalue weighted by atomic mass is 16.5. The molecule has 2 bridgehead atoms. The largest absolute Gasteiger partial charge is 0.383 e. The second kappa shape index (κ2) is 8.35. The minimum atomic E-state index is 0.201. The molecule has 5 nitrogen and oxygen atoms in total. The summed E-state index contributed by atoms with van der Waals surface area (Å²) in [6, 6.07) is 11.5. The van der Waals surface area contributed by atoms with Gasteiger partial charge in [-0.15, -0.1) is 0 Å². The van der Waals surface area contributed by atoms with Gasteiger partial charge in [0.2, 0.25) is 0 Å². The number of rotatable bonds is 4. The summed E-state index contributed by atoms with van der Waals surface area (Å²) in [4.78, 5) is 19.1. The van der Waals surface area contributed by atoms with Crippen LogP contribution in [0.15, 0.2) is 42.0 Å². The monoisotopic (exact) mass is 433 g/mol. The van der Waals surface area contributed by atoms with Crippen molar-refractivity contribution in [3.8, 4) is 0 Å². The van der Waals surface area contributed by atoms with Crippen molar-refractivity contribution in [1.82, 2.24) is 14.4 Å². The molecule has 3 aliphatic heterocycles. The van der Waals surface area contributed by atoms with Gasteiger partial charge in [-0.3, -0.25) is 9.69 Å². The van der Waals surface area contributed by atoms with Crippen LogP contribution in [0.2, 0.25) is 0 Å². The zero-order valence-electron chi connectivity index (χ0n) is 19.2. The van der Waals surface area contributed by atoms with Crippen LogP contribution in [-0.2, 0) is 11.3 Å². The number of hydrogen-bond donors (Lipinski definition) is 0. The van der Waals surface area contributed by atoms with Gasteiger partial charge in [-0.2, -0.15) is 0 Å². The maximum Gasteiger partial charge on any atom is 0.271 e. The first kappa shape index (κ1) is 20.5. The molecule has 4 heterocycles. The highest BCUT2D eigenvalue weighted by Crippen LogP contribution is 2.45. The fourth-order valence-corrected chi connectivity index (χ4v) is 7.16. The quantitative estimate of drug-likeness (QED) is 0.674. The van der Waals surface area contributed by atoms with Gasteiger partial charge >= 0.3 is 0 Å². The van der Waals surface area contributed by atoms with Gasteiger partial charge in [0.15, 0.2) is 0 Å². The number of nitrogens with zero attached hydrogens (tertiary/aromatic N) is 3. The molecule has 4 atom stereocenters. The van der Waals surface area contributed by atoms with E-state index in [-0.39, 0.29) is 11.9 Å². The Labute approximate surface area is 191 Å². The van der Waals surface area contributed by atoms with Crippen molar-refractivity contribution in [2.24, 2.45) is 11.8 Å². The fraction of sp³-hybridized carbons (Fsp3) is 0.593. The minimum absolute atomic E-state index is 0.201. The molecular weight excluding hydrogens is 398 g/mol. The van der Waals surface area contributed by atoms with E-state index in [0.29, 0.717) is 25.0 Å². The van der Waals surface area contributed by atoms with Crippen molar-refractivity contribution in [3.05, 3.63) is 47.7 Å². The van der Waals surface area contributed by atoms with Crippen LogP contribution in [0.1, 0.15) is 49.0 Å². The first-order valence-electron chi connectivity index (χ1n) is 12.6. The lowest BCUT2D eigenvalue weighted by atomic mass is 9.68. The standard InChI is InChI=1S/C27H35N3O2/c1-32-14-13-29-24-10-3-2-7-19(24)17-25(29)27(31)30-12-6-8-20-15-21-16-22(26(20)30)18-28-11-5-4-9-23(21)28/h2-3,7,10,15,17,21-23,26H,4-6,8-9,11-14,16,18H2,1H3/t21?,22?,23-,26-/m1/s1. The van der Waals surface area contributed by atoms with Crippen molar-refractivity contribution in [1.29, 1.82) is 0 Å². The third-order valence-electron chi connectivity index (χ3n) is 8.47. The molecule has 32 heavy (non-hydrogen) atoms. The molecule has 0 N–H and O–H groups in total. The Balaban J connectivity index is 1.35. The van der Waals surface area contributed by atoms with E-state index >= 15 is 0 Å². The summed E-state index contributed by atoms with van der Waals surface area (Å²) < 4.78 is 7.55. The van der Waals surface area contributed by atoms with Gasteiger partial charge in [-0.05, 0) is 62.6 Å². The molecule has 2 aromatic rings. The van der Waals surface area contributed by atoms with Crippen LogP contribution in [0.3, 0.4) is 0 Å². The number of methoxy groups -OCH3 is 1. The van der Waals surface area contributed by atoms with Crippen LogP contribution in [-0.4, -0.2) is 65.7 Å². The number of piperidine rings is 3. The number of benzene rings is 1. The van der Waals surface area contributed by atoms with Crippen molar-refractivity contribution in [3.63, 3.8) is 0 Å². The van der Waals surface area contributed by atoms with Crippen molar-refractivity contribution in [2.75, 3.05) is 33.4 Å². The van der Waals surface area contributed by atoms with E-state index < -0.39 is 0 Å². The lowest BCUT2D eigenvalue weighted by Gasteiger charge is -2.54. The summed E-state index contributed by atoms with van der Waals surface area (Å²) in [5.41, 5.74) is 3.49. The normalized spacial score (nSPS) is 30.0. The summed E-state index contributed by atoms with van der Waals surface area (Å²) in [6.45, 7) is 4.59. The van der Waals surface area contributed by atoms with Gasteiger partial charge in [0.25, 0.3) is 5.91 Å². The molecule has 0 radical (unpaired) electrons. The molecule has 6 rings (SSSR count). The highest BCUT2D eigenvalue weighted by molar-refractivity contribution is 5.99. The molecule has 3 fully saturated rings. The summed E-state index contributed by atoms with van der Waals surface area (Å²) in [7, 11) is 1.73. The molecule has 2 unspecified atom stereocenters. The van der Waals surface area contributed by atoms with Gasteiger partial charge in [0.1, 0.15) is 5.69 Å². The number of carbonyl (C=O) groups excluding carboxylic acids is 1. The Morgan fingerprint density at radius 3 is 2.97 bits per heavy atom. The van der Waals surface area contributed by atoms with Crippen molar-refractivity contribution < 1.29 is 9.53 Å². The van der Waals surface area contributed by atoms with Gasteiger partial charge in [0, 0.05) is 43.7 Å². The molecule has 0 spiro atoms. The van der Waals surface area contributed by atoms with E-state index in [2.05, 4.69) is 50.8 Å². The van der Waals surface area contributed by atoms with Gasteiger partial charge in [0.05, 0.1) is 12.6 Å². The zero-order valence-corrected chi connectivity index (χ0v) is 19.2. The van der Waals surface area contributed by atoms with Gasteiger partial charge in [-0.1, -0.05) is 36.3 Å². The Hall–Kier alpha value is -2.11. The fourth-order valence-electron chi connectivity index (χ4n) is 7.16.